The minimum atomic E-state index is -2.05. The molecule has 12 heteroatoms. The Bertz CT molecular complexity index is 1440. The highest BCUT2D eigenvalue weighted by atomic mass is 16.5. The predicted molar refractivity (Wildman–Crippen MR) is 152 cm³/mol. The molecule has 5 N–H and O–H groups in total. The Balaban J connectivity index is 1.62. The summed E-state index contributed by atoms with van der Waals surface area (Å²) in [7, 11) is 0. The average molecular weight is 591 g/mol. The molecule has 0 radical (unpaired) electrons. The summed E-state index contributed by atoms with van der Waals surface area (Å²) >= 11 is 0. The highest BCUT2D eigenvalue weighted by molar-refractivity contribution is 6.09. The summed E-state index contributed by atoms with van der Waals surface area (Å²) in [5.41, 5.74) is 2.39. The maximum Gasteiger partial charge on any atom is 0.356 e. The lowest BCUT2D eigenvalue weighted by Crippen LogP contribution is -2.48. The highest BCUT2D eigenvalue weighted by Crippen LogP contribution is 2.15. The largest absolute Gasteiger partial charge is 0.481 e. The lowest BCUT2D eigenvalue weighted by atomic mass is 9.99. The zero-order chi connectivity index (χ0) is 31.4. The number of rotatable bonds is 16. The van der Waals surface area contributed by atoms with Crippen molar-refractivity contribution in [1.29, 1.82) is 0 Å². The van der Waals surface area contributed by atoms with E-state index in [-0.39, 0.29) is 30.9 Å². The molecule has 0 saturated carbocycles. The van der Waals surface area contributed by atoms with Crippen LogP contribution in [0.3, 0.4) is 0 Å². The van der Waals surface area contributed by atoms with Gasteiger partial charge < -0.3 is 30.7 Å². The third-order valence-electron chi connectivity index (χ3n) is 6.25. The van der Waals surface area contributed by atoms with Gasteiger partial charge in [0.25, 0.3) is 6.10 Å². The minimum absolute atomic E-state index is 0.0446. The molecule has 0 bridgehead atoms. The third-order valence-corrected chi connectivity index (χ3v) is 6.25. The second-order valence-corrected chi connectivity index (χ2v) is 9.47. The maximum absolute atomic E-state index is 13.0. The van der Waals surface area contributed by atoms with Crippen molar-refractivity contribution in [3.63, 3.8) is 0 Å². The number of hydrogen-bond acceptors (Lipinski definition) is 7. The van der Waals surface area contributed by atoms with Gasteiger partial charge in [-0.25, -0.2) is 9.59 Å². The Hall–Kier alpha value is -5.52. The zero-order valence-electron chi connectivity index (χ0n) is 22.9. The van der Waals surface area contributed by atoms with Crippen molar-refractivity contribution in [3.8, 4) is 5.75 Å². The van der Waals surface area contributed by atoms with Gasteiger partial charge in [-0.05, 0) is 29.7 Å². The van der Waals surface area contributed by atoms with Crippen molar-refractivity contribution in [3.05, 3.63) is 101 Å². The molecule has 0 spiro atoms. The third kappa shape index (κ3) is 10.1. The van der Waals surface area contributed by atoms with E-state index in [9.17, 15) is 28.8 Å². The average Bonchev–Trinajstić information content (AvgIpc) is 2.99. The molecule has 0 heterocycles. The SMILES string of the molecule is O=C(O)CCC(=O)NC(Cc1ccc(C(=O)c2ccccc2)cc1)C(=O)NCCc1ccc(OC(C(=O)O)C(=O)O)cc1. The van der Waals surface area contributed by atoms with Gasteiger partial charge in [0.05, 0.1) is 6.42 Å². The minimum Gasteiger partial charge on any atom is -0.481 e. The van der Waals surface area contributed by atoms with E-state index >= 15 is 0 Å². The molecule has 3 aromatic rings. The number of carbonyl (C=O) groups is 6. The van der Waals surface area contributed by atoms with Gasteiger partial charge in [0.15, 0.2) is 5.78 Å². The topological polar surface area (TPSA) is 196 Å². The fourth-order valence-electron chi connectivity index (χ4n) is 4.01. The molecule has 0 fully saturated rings. The number of amides is 2. The Labute approximate surface area is 246 Å². The number of aliphatic carboxylic acids is 3. The predicted octanol–water partition coefficient (Wildman–Crippen LogP) is 2.09. The summed E-state index contributed by atoms with van der Waals surface area (Å²) in [6.07, 6.45) is -2.31. The summed E-state index contributed by atoms with van der Waals surface area (Å²) in [6.45, 7) is 0.165. The van der Waals surface area contributed by atoms with Crippen molar-refractivity contribution in [2.45, 2.75) is 37.8 Å². The van der Waals surface area contributed by atoms with Crippen LogP contribution in [0.25, 0.3) is 0 Å². The van der Waals surface area contributed by atoms with Gasteiger partial charge in [-0.2, -0.15) is 0 Å². The second kappa shape index (κ2) is 15.5. The smallest absolute Gasteiger partial charge is 0.356 e. The number of nitrogens with one attached hydrogen (secondary N) is 2. The molecular weight excluding hydrogens is 560 g/mol. The van der Waals surface area contributed by atoms with Crippen LogP contribution in [-0.2, 0) is 36.8 Å². The van der Waals surface area contributed by atoms with E-state index < -0.39 is 48.3 Å². The van der Waals surface area contributed by atoms with Crippen LogP contribution in [0.5, 0.6) is 5.75 Å². The van der Waals surface area contributed by atoms with Crippen molar-refractivity contribution < 1.29 is 48.8 Å². The molecule has 0 saturated heterocycles. The Morgan fingerprint density at radius 1 is 0.698 bits per heavy atom. The molecule has 0 aliphatic heterocycles. The molecule has 224 valence electrons. The van der Waals surface area contributed by atoms with Crippen molar-refractivity contribution in [2.75, 3.05) is 6.54 Å². The Morgan fingerprint density at radius 2 is 1.28 bits per heavy atom. The quantitative estimate of drug-likeness (QED) is 0.122. The first kappa shape index (κ1) is 32.0. The number of ether oxygens (including phenoxy) is 1. The molecular formula is C31H30N2O10. The first-order chi connectivity index (χ1) is 20.5. The second-order valence-electron chi connectivity index (χ2n) is 9.47. The molecule has 0 aliphatic rings. The normalized spacial score (nSPS) is 11.3. The van der Waals surface area contributed by atoms with Gasteiger partial charge >= 0.3 is 17.9 Å². The van der Waals surface area contributed by atoms with E-state index in [4.69, 9.17) is 20.1 Å². The molecule has 12 nitrogen and oxygen atoms in total. The van der Waals surface area contributed by atoms with Gasteiger partial charge in [0.1, 0.15) is 11.8 Å². The number of benzene rings is 3. The first-order valence-corrected chi connectivity index (χ1v) is 13.2. The number of carboxylic acids is 3. The van der Waals surface area contributed by atoms with E-state index in [2.05, 4.69) is 10.6 Å². The van der Waals surface area contributed by atoms with Crippen LogP contribution < -0.4 is 15.4 Å². The van der Waals surface area contributed by atoms with Crippen LogP contribution in [0.4, 0.5) is 0 Å². The number of carbonyl (C=O) groups excluding carboxylic acids is 3. The first-order valence-electron chi connectivity index (χ1n) is 13.2. The van der Waals surface area contributed by atoms with E-state index in [1.807, 2.05) is 6.07 Å². The fourth-order valence-corrected chi connectivity index (χ4v) is 4.01. The zero-order valence-corrected chi connectivity index (χ0v) is 22.9. The van der Waals surface area contributed by atoms with Crippen LogP contribution in [0.1, 0.15) is 39.9 Å². The van der Waals surface area contributed by atoms with Crippen molar-refractivity contribution >= 4 is 35.5 Å². The van der Waals surface area contributed by atoms with E-state index in [0.29, 0.717) is 23.1 Å². The van der Waals surface area contributed by atoms with Crippen LogP contribution in [-0.4, -0.2) is 69.5 Å². The molecule has 3 aromatic carbocycles. The molecule has 0 aliphatic carbocycles. The Morgan fingerprint density at radius 3 is 1.86 bits per heavy atom. The maximum atomic E-state index is 13.0. The van der Waals surface area contributed by atoms with Crippen molar-refractivity contribution in [1.82, 2.24) is 10.6 Å². The van der Waals surface area contributed by atoms with Gasteiger partial charge in [0, 0.05) is 30.5 Å². The summed E-state index contributed by atoms with van der Waals surface area (Å²) in [5, 5.41) is 32.1. The monoisotopic (exact) mass is 590 g/mol. The van der Waals surface area contributed by atoms with Gasteiger partial charge in [-0.3, -0.25) is 19.2 Å². The molecule has 1 atom stereocenters. The molecule has 0 aromatic heterocycles. The van der Waals surface area contributed by atoms with Gasteiger partial charge in [-0.1, -0.05) is 66.7 Å². The van der Waals surface area contributed by atoms with Crippen LogP contribution in [0.2, 0.25) is 0 Å². The lowest BCUT2D eigenvalue weighted by Gasteiger charge is -2.19. The van der Waals surface area contributed by atoms with Crippen LogP contribution in [0, 0.1) is 0 Å². The highest BCUT2D eigenvalue weighted by Gasteiger charge is 2.28. The lowest BCUT2D eigenvalue weighted by molar-refractivity contribution is -0.159. The molecule has 1 unspecified atom stereocenters. The molecule has 3 rings (SSSR count). The van der Waals surface area contributed by atoms with E-state index in [1.165, 1.54) is 12.1 Å². The summed E-state index contributed by atoms with van der Waals surface area (Å²) in [4.78, 5) is 71.0. The number of carboxylic acid groups (broad SMARTS) is 3. The van der Waals surface area contributed by atoms with Crippen molar-refractivity contribution in [2.24, 2.45) is 0 Å². The van der Waals surface area contributed by atoms with Gasteiger partial charge in [0.2, 0.25) is 11.8 Å². The number of ketones is 1. The summed E-state index contributed by atoms with van der Waals surface area (Å²) in [5.74, 6) is -5.64. The standard InChI is InChI=1S/C31H30N2O10/c34-25(14-15-26(35)36)33-24(18-20-6-10-22(11-7-20)27(37)21-4-2-1-3-5-21)29(38)32-17-16-19-8-12-23(13-9-19)43-28(30(39)40)31(41)42/h1-13,24,28H,14-18H2,(H,32,38)(H,33,34)(H,35,36)(H,39,40)(H,41,42). The van der Waals surface area contributed by atoms with Gasteiger partial charge in [-0.15, -0.1) is 0 Å². The summed E-state index contributed by atoms with van der Waals surface area (Å²) < 4.78 is 4.97. The van der Waals surface area contributed by atoms with Crippen LogP contribution >= 0.6 is 0 Å². The molecule has 2 amide bonds. The Kier molecular flexibility index (Phi) is 11.5. The fraction of sp³-hybridized carbons (Fsp3) is 0.226. The summed E-state index contributed by atoms with van der Waals surface area (Å²) in [6, 6.07) is 20.4. The van der Waals surface area contributed by atoms with E-state index in [1.54, 1.807) is 60.7 Å². The van der Waals surface area contributed by atoms with E-state index in [0.717, 1.165) is 5.56 Å². The van der Waals surface area contributed by atoms with Crippen LogP contribution in [0.15, 0.2) is 78.9 Å². The number of hydrogen-bond donors (Lipinski definition) is 5. The molecule has 43 heavy (non-hydrogen) atoms.